The van der Waals surface area contributed by atoms with Gasteiger partial charge < -0.3 is 4.90 Å². The maximum Gasteiger partial charge on any atom is 0.241 e. The highest BCUT2D eigenvalue weighted by Crippen LogP contribution is 2.29. The molecule has 1 heterocycles. The molecule has 0 bridgehead atoms. The molecule has 0 aliphatic carbocycles. The van der Waals surface area contributed by atoms with Crippen LogP contribution in [0.2, 0.25) is 0 Å². The minimum Gasteiger partial charge on any atom is -0.318 e. The van der Waals surface area contributed by atoms with Crippen LogP contribution in [0.15, 0.2) is 18.2 Å². The molecule has 3 nitrogen and oxygen atoms in total. The molecule has 1 aliphatic rings. The van der Waals surface area contributed by atoms with E-state index in [0.29, 0.717) is 5.56 Å². The van der Waals surface area contributed by atoms with Crippen molar-refractivity contribution in [2.45, 2.75) is 39.0 Å². The van der Waals surface area contributed by atoms with Crippen molar-refractivity contribution in [3.05, 3.63) is 35.4 Å². The summed E-state index contributed by atoms with van der Waals surface area (Å²) in [6.45, 7) is 5.83. The van der Waals surface area contributed by atoms with Crippen molar-refractivity contribution >= 4 is 17.7 Å². The number of benzene rings is 1. The van der Waals surface area contributed by atoms with Gasteiger partial charge in [-0.3, -0.25) is 10.1 Å². The van der Waals surface area contributed by atoms with Crippen molar-refractivity contribution in [3.8, 4) is 0 Å². The molecule has 1 fully saturated rings. The van der Waals surface area contributed by atoms with Gasteiger partial charge in [-0.15, -0.1) is 0 Å². The van der Waals surface area contributed by atoms with Gasteiger partial charge in [-0.05, 0) is 37.3 Å². The zero-order valence-corrected chi connectivity index (χ0v) is 13.2. The van der Waals surface area contributed by atoms with E-state index in [1.807, 2.05) is 6.92 Å². The number of hydrogen-bond donors (Lipinski definition) is 1. The molecule has 116 valence electrons. The van der Waals surface area contributed by atoms with E-state index in [0.717, 1.165) is 23.6 Å². The highest BCUT2D eigenvalue weighted by atomic mass is 32.2. The number of nitrogens with zero attached hydrogens (tertiary/aromatic N) is 1. The van der Waals surface area contributed by atoms with Crippen molar-refractivity contribution in [1.82, 2.24) is 10.2 Å². The standard InChI is InChI=1S/C15H20F2N2OS/c1-4-21-8-9(2)19-14(18-10(3)15(19)20)11-5-6-12(16)13(17)7-11/h5-7,9-10,14,18H,4,8H2,1-3H3. The Morgan fingerprint density at radius 2 is 2.10 bits per heavy atom. The minimum atomic E-state index is -0.892. The molecule has 1 aromatic rings. The van der Waals surface area contributed by atoms with Crippen LogP contribution in [-0.4, -0.2) is 34.4 Å². The van der Waals surface area contributed by atoms with Crippen LogP contribution in [0.5, 0.6) is 0 Å². The second-order valence-corrected chi connectivity index (χ2v) is 6.54. The molecule has 1 saturated heterocycles. The molecule has 1 N–H and O–H groups in total. The van der Waals surface area contributed by atoms with Crippen molar-refractivity contribution in [2.24, 2.45) is 0 Å². The summed E-state index contributed by atoms with van der Waals surface area (Å²) in [7, 11) is 0. The van der Waals surface area contributed by atoms with E-state index in [2.05, 4.69) is 12.2 Å². The number of rotatable bonds is 5. The Morgan fingerprint density at radius 1 is 1.38 bits per heavy atom. The summed E-state index contributed by atoms with van der Waals surface area (Å²) in [6, 6.07) is 3.48. The predicted octanol–water partition coefficient (Wildman–Crippen LogP) is 2.93. The third-order valence-electron chi connectivity index (χ3n) is 3.61. The van der Waals surface area contributed by atoms with E-state index in [1.54, 1.807) is 23.6 Å². The average molecular weight is 314 g/mol. The van der Waals surface area contributed by atoms with Gasteiger partial charge in [0.25, 0.3) is 0 Å². The normalized spacial score (nSPS) is 23.7. The Bertz CT molecular complexity index is 526. The maximum absolute atomic E-state index is 13.4. The molecule has 1 aromatic carbocycles. The molecule has 0 aromatic heterocycles. The van der Waals surface area contributed by atoms with E-state index < -0.39 is 17.8 Å². The molecular weight excluding hydrogens is 294 g/mol. The smallest absolute Gasteiger partial charge is 0.241 e. The second-order valence-electron chi connectivity index (χ2n) is 5.22. The van der Waals surface area contributed by atoms with Gasteiger partial charge in [0.15, 0.2) is 11.6 Å². The molecule has 1 amide bonds. The molecule has 21 heavy (non-hydrogen) atoms. The SMILES string of the molecule is CCSCC(C)N1C(=O)C(C)NC1c1ccc(F)c(F)c1. The second kappa shape index (κ2) is 6.75. The molecule has 2 rings (SSSR count). The maximum atomic E-state index is 13.4. The lowest BCUT2D eigenvalue weighted by atomic mass is 10.1. The van der Waals surface area contributed by atoms with Gasteiger partial charge in [-0.2, -0.15) is 11.8 Å². The van der Waals surface area contributed by atoms with E-state index >= 15 is 0 Å². The summed E-state index contributed by atoms with van der Waals surface area (Å²) in [4.78, 5) is 14.1. The van der Waals surface area contributed by atoms with Crippen LogP contribution >= 0.6 is 11.8 Å². The Labute approximate surface area is 128 Å². The van der Waals surface area contributed by atoms with Crippen LogP contribution in [0.25, 0.3) is 0 Å². The first-order valence-corrected chi connectivity index (χ1v) is 8.22. The zero-order chi connectivity index (χ0) is 15.6. The van der Waals surface area contributed by atoms with E-state index in [1.165, 1.54) is 6.07 Å². The van der Waals surface area contributed by atoms with Gasteiger partial charge in [-0.25, -0.2) is 8.78 Å². The highest BCUT2D eigenvalue weighted by molar-refractivity contribution is 7.99. The monoisotopic (exact) mass is 314 g/mol. The lowest BCUT2D eigenvalue weighted by Crippen LogP contribution is -2.39. The van der Waals surface area contributed by atoms with Crippen molar-refractivity contribution in [1.29, 1.82) is 0 Å². The average Bonchev–Trinajstić information content (AvgIpc) is 2.75. The third-order valence-corrected chi connectivity index (χ3v) is 4.73. The van der Waals surface area contributed by atoms with Crippen LogP contribution in [0.3, 0.4) is 0 Å². The quantitative estimate of drug-likeness (QED) is 0.907. The lowest BCUT2D eigenvalue weighted by molar-refractivity contribution is -0.131. The van der Waals surface area contributed by atoms with Crippen LogP contribution in [-0.2, 0) is 4.79 Å². The summed E-state index contributed by atoms with van der Waals surface area (Å²) in [5.74, 6) is 0.0187. The number of hydrogen-bond acceptors (Lipinski definition) is 3. The van der Waals surface area contributed by atoms with E-state index in [9.17, 15) is 13.6 Å². The first kappa shape index (κ1) is 16.2. The topological polar surface area (TPSA) is 32.3 Å². The van der Waals surface area contributed by atoms with Gasteiger partial charge in [0.2, 0.25) is 5.91 Å². The van der Waals surface area contributed by atoms with Crippen LogP contribution < -0.4 is 5.32 Å². The summed E-state index contributed by atoms with van der Waals surface area (Å²) in [6.07, 6.45) is -0.407. The minimum absolute atomic E-state index is 0.00561. The Morgan fingerprint density at radius 3 is 2.71 bits per heavy atom. The van der Waals surface area contributed by atoms with Crippen molar-refractivity contribution in [2.75, 3.05) is 11.5 Å². The van der Waals surface area contributed by atoms with E-state index in [4.69, 9.17) is 0 Å². The van der Waals surface area contributed by atoms with E-state index in [-0.39, 0.29) is 18.0 Å². The zero-order valence-electron chi connectivity index (χ0n) is 12.4. The predicted molar refractivity (Wildman–Crippen MR) is 81.0 cm³/mol. The van der Waals surface area contributed by atoms with Gasteiger partial charge in [0, 0.05) is 11.8 Å². The number of carbonyl (C=O) groups is 1. The Kier molecular flexibility index (Phi) is 5.22. The molecule has 0 saturated carbocycles. The molecule has 3 unspecified atom stereocenters. The first-order valence-electron chi connectivity index (χ1n) is 7.06. The van der Waals surface area contributed by atoms with Gasteiger partial charge in [0.1, 0.15) is 6.17 Å². The van der Waals surface area contributed by atoms with Crippen molar-refractivity contribution in [3.63, 3.8) is 0 Å². The Balaban J connectivity index is 2.26. The van der Waals surface area contributed by atoms with Gasteiger partial charge in [0.05, 0.1) is 6.04 Å². The van der Waals surface area contributed by atoms with Gasteiger partial charge >= 0.3 is 0 Å². The number of nitrogens with one attached hydrogen (secondary N) is 1. The number of halogens is 2. The Hall–Kier alpha value is -1.14. The summed E-state index contributed by atoms with van der Waals surface area (Å²) in [5.41, 5.74) is 0.569. The highest BCUT2D eigenvalue weighted by Gasteiger charge is 2.39. The number of thioether (sulfide) groups is 1. The molecule has 1 aliphatic heterocycles. The first-order chi connectivity index (χ1) is 9.95. The van der Waals surface area contributed by atoms with Crippen LogP contribution in [0, 0.1) is 11.6 Å². The molecule has 3 atom stereocenters. The van der Waals surface area contributed by atoms with Crippen LogP contribution in [0.4, 0.5) is 8.78 Å². The summed E-state index contributed by atoms with van der Waals surface area (Å²) >= 11 is 1.75. The van der Waals surface area contributed by atoms with Gasteiger partial charge in [-0.1, -0.05) is 13.0 Å². The lowest BCUT2D eigenvalue weighted by Gasteiger charge is -2.30. The summed E-state index contributed by atoms with van der Waals surface area (Å²) < 4.78 is 26.5. The fourth-order valence-corrected chi connectivity index (χ4v) is 3.26. The van der Waals surface area contributed by atoms with Crippen LogP contribution in [0.1, 0.15) is 32.5 Å². The molecule has 0 radical (unpaired) electrons. The fourth-order valence-electron chi connectivity index (χ4n) is 2.52. The molecule has 0 spiro atoms. The third kappa shape index (κ3) is 3.37. The summed E-state index contributed by atoms with van der Waals surface area (Å²) in [5, 5.41) is 3.15. The number of carbonyl (C=O) groups excluding carboxylic acids is 1. The molecular formula is C15H20F2N2OS. The molecule has 6 heteroatoms. The van der Waals surface area contributed by atoms with Crippen molar-refractivity contribution < 1.29 is 13.6 Å². The number of amides is 1. The fraction of sp³-hybridized carbons (Fsp3) is 0.533. The largest absolute Gasteiger partial charge is 0.318 e.